The molecular weight excluding hydrogens is 444 g/mol. The molecule has 1 heterocycles. The molecule has 0 radical (unpaired) electrons. The van der Waals surface area contributed by atoms with Crippen LogP contribution >= 0.6 is 0 Å². The highest BCUT2D eigenvalue weighted by molar-refractivity contribution is 5.92. The Morgan fingerprint density at radius 1 is 0.914 bits per heavy atom. The second kappa shape index (κ2) is 11.4. The first-order valence-corrected chi connectivity index (χ1v) is 11.6. The topological polar surface area (TPSA) is 77.1 Å². The van der Waals surface area contributed by atoms with Crippen molar-refractivity contribution in [1.82, 2.24) is 10.2 Å². The molecule has 1 fully saturated rings. The molecule has 0 aromatic heterocycles. The largest absolute Gasteiger partial charge is 0.497 e. The molecule has 182 valence electrons. The van der Waals surface area contributed by atoms with E-state index in [2.05, 4.69) is 17.4 Å². The van der Waals surface area contributed by atoms with Crippen LogP contribution in [0.5, 0.6) is 11.5 Å². The lowest BCUT2D eigenvalue weighted by Gasteiger charge is -2.47. The van der Waals surface area contributed by atoms with Gasteiger partial charge in [-0.1, -0.05) is 60.7 Å². The Hall–Kier alpha value is -4.00. The molecule has 35 heavy (non-hydrogen) atoms. The predicted octanol–water partition coefficient (Wildman–Crippen LogP) is 4.34. The van der Waals surface area contributed by atoms with Crippen molar-refractivity contribution in [3.63, 3.8) is 0 Å². The summed E-state index contributed by atoms with van der Waals surface area (Å²) in [4.78, 5) is 27.4. The molecule has 4 rings (SSSR count). The zero-order valence-electron chi connectivity index (χ0n) is 20.0. The summed E-state index contributed by atoms with van der Waals surface area (Å²) in [6.07, 6.45) is 0.892. The van der Waals surface area contributed by atoms with E-state index in [1.165, 1.54) is 5.56 Å². The number of carbonyl (C=O) groups is 2. The third-order valence-electron chi connectivity index (χ3n) is 6.23. The fourth-order valence-corrected chi connectivity index (χ4v) is 4.30. The molecule has 0 bridgehead atoms. The lowest BCUT2D eigenvalue weighted by Crippen LogP contribution is -2.70. The number of likely N-dealkylation sites (tertiary alicyclic amines) is 1. The van der Waals surface area contributed by atoms with Crippen LogP contribution in [0.25, 0.3) is 0 Å². The Labute approximate surface area is 205 Å². The van der Waals surface area contributed by atoms with Gasteiger partial charge in [-0.2, -0.15) is 0 Å². The minimum absolute atomic E-state index is 0.141. The van der Waals surface area contributed by atoms with Gasteiger partial charge in [0.15, 0.2) is 0 Å². The zero-order valence-corrected chi connectivity index (χ0v) is 20.0. The summed E-state index contributed by atoms with van der Waals surface area (Å²) in [6.45, 7) is 0.526. The number of carbonyl (C=O) groups excluding carboxylic acids is 2. The number of benzene rings is 3. The van der Waals surface area contributed by atoms with Crippen LogP contribution in [0.4, 0.5) is 4.79 Å². The van der Waals surface area contributed by atoms with E-state index >= 15 is 0 Å². The SMILES string of the molecule is COc1ccc(CN2C(=O)C(NC(=O)OCc3ccccc3)C2CCc2ccccc2)c(OC)c1. The molecule has 3 aromatic rings. The van der Waals surface area contributed by atoms with Crippen LogP contribution in [0, 0.1) is 0 Å². The summed E-state index contributed by atoms with van der Waals surface area (Å²) in [5, 5.41) is 2.78. The molecule has 1 N–H and O–H groups in total. The number of ether oxygens (including phenoxy) is 3. The average molecular weight is 475 g/mol. The van der Waals surface area contributed by atoms with Crippen molar-refractivity contribution in [3.8, 4) is 11.5 Å². The number of nitrogens with zero attached hydrogens (tertiary/aromatic N) is 1. The van der Waals surface area contributed by atoms with Crippen LogP contribution < -0.4 is 14.8 Å². The normalized spacial score (nSPS) is 16.9. The molecule has 0 spiro atoms. The van der Waals surface area contributed by atoms with Crippen LogP contribution in [0.1, 0.15) is 23.1 Å². The Balaban J connectivity index is 1.44. The van der Waals surface area contributed by atoms with E-state index in [0.717, 1.165) is 17.5 Å². The lowest BCUT2D eigenvalue weighted by atomic mass is 9.88. The summed E-state index contributed by atoms with van der Waals surface area (Å²) in [7, 11) is 3.19. The van der Waals surface area contributed by atoms with Gasteiger partial charge in [-0.05, 0) is 36.1 Å². The van der Waals surface area contributed by atoms with Gasteiger partial charge in [-0.25, -0.2) is 4.79 Å². The van der Waals surface area contributed by atoms with Gasteiger partial charge in [0, 0.05) is 18.2 Å². The van der Waals surface area contributed by atoms with Crippen molar-refractivity contribution in [2.45, 2.75) is 38.1 Å². The number of amides is 2. The molecule has 2 unspecified atom stereocenters. The van der Waals surface area contributed by atoms with Gasteiger partial charge in [0.2, 0.25) is 5.91 Å². The first-order valence-electron chi connectivity index (χ1n) is 11.6. The number of methoxy groups -OCH3 is 2. The number of aryl methyl sites for hydroxylation is 1. The lowest BCUT2D eigenvalue weighted by molar-refractivity contribution is -0.152. The number of hydrogen-bond donors (Lipinski definition) is 1. The fourth-order valence-electron chi connectivity index (χ4n) is 4.30. The number of rotatable bonds is 10. The molecule has 1 aliphatic heterocycles. The molecular formula is C28H30N2O5. The van der Waals surface area contributed by atoms with Gasteiger partial charge in [-0.15, -0.1) is 0 Å². The number of alkyl carbamates (subject to hydrolysis) is 1. The van der Waals surface area contributed by atoms with E-state index in [-0.39, 0.29) is 18.6 Å². The molecule has 1 saturated heterocycles. The first kappa shape index (κ1) is 24.1. The molecule has 0 aliphatic carbocycles. The monoisotopic (exact) mass is 474 g/mol. The van der Waals surface area contributed by atoms with Crippen molar-refractivity contribution in [2.75, 3.05) is 14.2 Å². The van der Waals surface area contributed by atoms with Crippen molar-refractivity contribution in [3.05, 3.63) is 95.6 Å². The Morgan fingerprint density at radius 3 is 2.26 bits per heavy atom. The molecule has 2 amide bonds. The standard InChI is InChI=1S/C28H30N2O5/c1-33-23-15-14-22(25(17-23)34-2)18-30-24(16-13-20-9-5-3-6-10-20)26(27(30)31)29-28(32)35-19-21-11-7-4-8-12-21/h3-12,14-15,17,24,26H,13,16,18-19H2,1-2H3,(H,29,32). The summed E-state index contributed by atoms with van der Waals surface area (Å²) < 4.78 is 16.2. The average Bonchev–Trinajstić information content (AvgIpc) is 2.91. The summed E-state index contributed by atoms with van der Waals surface area (Å²) in [5.41, 5.74) is 2.94. The van der Waals surface area contributed by atoms with Crippen LogP contribution in [-0.2, 0) is 29.1 Å². The third kappa shape index (κ3) is 5.93. The highest BCUT2D eigenvalue weighted by atomic mass is 16.5. The molecule has 1 aliphatic rings. The maximum absolute atomic E-state index is 13.1. The van der Waals surface area contributed by atoms with E-state index < -0.39 is 12.1 Å². The molecule has 7 heteroatoms. The highest BCUT2D eigenvalue weighted by Crippen LogP contribution is 2.31. The number of β-lactam (4-membered cyclic amide) rings is 1. The van der Waals surface area contributed by atoms with Crippen LogP contribution in [0.2, 0.25) is 0 Å². The molecule has 3 aromatic carbocycles. The van der Waals surface area contributed by atoms with Crippen molar-refractivity contribution >= 4 is 12.0 Å². The van der Waals surface area contributed by atoms with E-state index in [4.69, 9.17) is 14.2 Å². The maximum Gasteiger partial charge on any atom is 0.408 e. The molecule has 7 nitrogen and oxygen atoms in total. The second-order valence-electron chi connectivity index (χ2n) is 8.42. The third-order valence-corrected chi connectivity index (χ3v) is 6.23. The van der Waals surface area contributed by atoms with Crippen LogP contribution in [0.15, 0.2) is 78.9 Å². The van der Waals surface area contributed by atoms with E-state index in [0.29, 0.717) is 24.5 Å². The van der Waals surface area contributed by atoms with Gasteiger partial charge in [0.25, 0.3) is 0 Å². The van der Waals surface area contributed by atoms with Crippen LogP contribution in [-0.4, -0.2) is 43.2 Å². The number of hydrogen-bond acceptors (Lipinski definition) is 5. The minimum atomic E-state index is -0.633. The number of nitrogens with one attached hydrogen (secondary N) is 1. The second-order valence-corrected chi connectivity index (χ2v) is 8.42. The maximum atomic E-state index is 13.1. The Morgan fingerprint density at radius 2 is 1.60 bits per heavy atom. The zero-order chi connectivity index (χ0) is 24.6. The van der Waals surface area contributed by atoms with Gasteiger partial charge >= 0.3 is 6.09 Å². The minimum Gasteiger partial charge on any atom is -0.497 e. The van der Waals surface area contributed by atoms with Gasteiger partial charge < -0.3 is 24.4 Å². The van der Waals surface area contributed by atoms with Crippen molar-refractivity contribution < 1.29 is 23.8 Å². The fraction of sp³-hybridized carbons (Fsp3) is 0.286. The quantitative estimate of drug-likeness (QED) is 0.442. The summed E-state index contributed by atoms with van der Waals surface area (Å²) in [6, 6.07) is 24.3. The van der Waals surface area contributed by atoms with Gasteiger partial charge in [-0.3, -0.25) is 4.79 Å². The summed E-state index contributed by atoms with van der Waals surface area (Å²) >= 11 is 0. The predicted molar refractivity (Wildman–Crippen MR) is 132 cm³/mol. The highest BCUT2D eigenvalue weighted by Gasteiger charge is 2.48. The molecule has 2 atom stereocenters. The Kier molecular flexibility index (Phi) is 7.88. The summed E-state index contributed by atoms with van der Waals surface area (Å²) in [5.74, 6) is 1.19. The molecule has 0 saturated carbocycles. The van der Waals surface area contributed by atoms with Gasteiger partial charge in [0.1, 0.15) is 24.1 Å². The van der Waals surface area contributed by atoms with Crippen LogP contribution in [0.3, 0.4) is 0 Å². The Bertz CT molecular complexity index is 1140. The van der Waals surface area contributed by atoms with Crippen molar-refractivity contribution in [1.29, 1.82) is 0 Å². The first-order chi connectivity index (χ1) is 17.1. The smallest absolute Gasteiger partial charge is 0.408 e. The van der Waals surface area contributed by atoms with E-state index in [1.807, 2.05) is 60.7 Å². The van der Waals surface area contributed by atoms with E-state index in [9.17, 15) is 9.59 Å². The van der Waals surface area contributed by atoms with E-state index in [1.54, 1.807) is 25.2 Å². The van der Waals surface area contributed by atoms with Gasteiger partial charge in [0.05, 0.1) is 20.3 Å². The van der Waals surface area contributed by atoms with Crippen molar-refractivity contribution in [2.24, 2.45) is 0 Å².